The van der Waals surface area contributed by atoms with E-state index in [4.69, 9.17) is 4.74 Å². The van der Waals surface area contributed by atoms with Gasteiger partial charge in [0.25, 0.3) is 0 Å². The van der Waals surface area contributed by atoms with Crippen LogP contribution in [0.2, 0.25) is 0 Å². The van der Waals surface area contributed by atoms with Crippen molar-refractivity contribution in [1.82, 2.24) is 14.9 Å². The molecule has 1 aromatic heterocycles. The number of nitrogens with one attached hydrogen (secondary N) is 1. The van der Waals surface area contributed by atoms with E-state index in [1.807, 2.05) is 17.7 Å². The smallest absolute Gasteiger partial charge is 0.325 e. The SMILES string of the molecule is CCCNC(C(=O)OC)C(C)n1ccnc1. The molecule has 0 aliphatic rings. The number of carbonyl (C=O) groups is 1. The van der Waals surface area contributed by atoms with E-state index in [0.29, 0.717) is 0 Å². The molecule has 0 saturated heterocycles. The average molecular weight is 225 g/mol. The van der Waals surface area contributed by atoms with Gasteiger partial charge in [0.2, 0.25) is 0 Å². The second-order valence-corrected chi connectivity index (χ2v) is 3.71. The van der Waals surface area contributed by atoms with Gasteiger partial charge in [0.15, 0.2) is 0 Å². The Morgan fingerprint density at radius 3 is 2.88 bits per heavy atom. The summed E-state index contributed by atoms with van der Waals surface area (Å²) in [6, 6.07) is -0.347. The Morgan fingerprint density at radius 1 is 1.62 bits per heavy atom. The lowest BCUT2D eigenvalue weighted by Crippen LogP contribution is -2.43. The Hall–Kier alpha value is -1.36. The zero-order valence-corrected chi connectivity index (χ0v) is 10.0. The molecule has 2 unspecified atom stereocenters. The molecule has 0 aliphatic carbocycles. The first-order valence-electron chi connectivity index (χ1n) is 5.49. The second kappa shape index (κ2) is 6.27. The Bertz CT molecular complexity index is 311. The molecule has 1 aromatic rings. The zero-order chi connectivity index (χ0) is 12.0. The Labute approximate surface area is 95.8 Å². The summed E-state index contributed by atoms with van der Waals surface area (Å²) < 4.78 is 6.69. The number of hydrogen-bond acceptors (Lipinski definition) is 4. The summed E-state index contributed by atoms with van der Waals surface area (Å²) in [6.07, 6.45) is 6.22. The number of hydrogen-bond donors (Lipinski definition) is 1. The minimum Gasteiger partial charge on any atom is -0.468 e. The van der Waals surface area contributed by atoms with E-state index in [0.717, 1.165) is 13.0 Å². The van der Waals surface area contributed by atoms with Crippen molar-refractivity contribution >= 4 is 5.97 Å². The normalized spacial score (nSPS) is 14.4. The van der Waals surface area contributed by atoms with Crippen LogP contribution >= 0.6 is 0 Å². The van der Waals surface area contributed by atoms with E-state index in [1.165, 1.54) is 7.11 Å². The van der Waals surface area contributed by atoms with E-state index in [9.17, 15) is 4.79 Å². The summed E-state index contributed by atoms with van der Waals surface area (Å²) in [4.78, 5) is 15.6. The summed E-state index contributed by atoms with van der Waals surface area (Å²) in [5.74, 6) is -0.241. The van der Waals surface area contributed by atoms with Gasteiger partial charge in [-0.15, -0.1) is 0 Å². The lowest BCUT2D eigenvalue weighted by Gasteiger charge is -2.23. The summed E-state index contributed by atoms with van der Waals surface area (Å²) in [6.45, 7) is 4.81. The van der Waals surface area contributed by atoms with Gasteiger partial charge in [-0.05, 0) is 19.9 Å². The van der Waals surface area contributed by atoms with E-state index < -0.39 is 0 Å². The maximum absolute atomic E-state index is 11.6. The molecular formula is C11H19N3O2. The third kappa shape index (κ3) is 3.06. The number of rotatable bonds is 6. The van der Waals surface area contributed by atoms with Crippen molar-refractivity contribution in [2.45, 2.75) is 32.4 Å². The van der Waals surface area contributed by atoms with Gasteiger partial charge in [-0.3, -0.25) is 4.79 Å². The fourth-order valence-electron chi connectivity index (χ4n) is 1.56. The summed E-state index contributed by atoms with van der Waals surface area (Å²) in [5.41, 5.74) is 0. The summed E-state index contributed by atoms with van der Waals surface area (Å²) in [7, 11) is 1.41. The third-order valence-corrected chi connectivity index (χ3v) is 2.55. The van der Waals surface area contributed by atoms with Gasteiger partial charge in [-0.2, -0.15) is 0 Å². The lowest BCUT2D eigenvalue weighted by atomic mass is 10.1. The van der Waals surface area contributed by atoms with Crippen molar-refractivity contribution in [1.29, 1.82) is 0 Å². The van der Waals surface area contributed by atoms with Crippen LogP contribution in [0.3, 0.4) is 0 Å². The topological polar surface area (TPSA) is 56.1 Å². The highest BCUT2D eigenvalue weighted by molar-refractivity contribution is 5.76. The molecular weight excluding hydrogens is 206 g/mol. The molecule has 0 saturated carbocycles. The average Bonchev–Trinajstić information content (AvgIpc) is 2.82. The number of imidazole rings is 1. The molecule has 90 valence electrons. The highest BCUT2D eigenvalue weighted by Crippen LogP contribution is 2.11. The number of nitrogens with zero attached hydrogens (tertiary/aromatic N) is 2. The maximum atomic E-state index is 11.6. The van der Waals surface area contributed by atoms with Crippen molar-refractivity contribution in [3.05, 3.63) is 18.7 Å². The van der Waals surface area contributed by atoms with Gasteiger partial charge >= 0.3 is 5.97 Å². The number of esters is 1. The predicted molar refractivity (Wildman–Crippen MR) is 61.0 cm³/mol. The van der Waals surface area contributed by atoms with Crippen LogP contribution in [0.5, 0.6) is 0 Å². The van der Waals surface area contributed by atoms with Crippen LogP contribution in [0.15, 0.2) is 18.7 Å². The van der Waals surface area contributed by atoms with Gasteiger partial charge in [-0.1, -0.05) is 6.92 Å². The molecule has 16 heavy (non-hydrogen) atoms. The van der Waals surface area contributed by atoms with Gasteiger partial charge in [0, 0.05) is 12.4 Å². The monoisotopic (exact) mass is 225 g/mol. The van der Waals surface area contributed by atoms with Gasteiger partial charge in [-0.25, -0.2) is 4.98 Å². The molecule has 1 N–H and O–H groups in total. The highest BCUT2D eigenvalue weighted by atomic mass is 16.5. The molecule has 0 aliphatic heterocycles. The van der Waals surface area contributed by atoms with Crippen LogP contribution in [-0.2, 0) is 9.53 Å². The largest absolute Gasteiger partial charge is 0.468 e. The van der Waals surface area contributed by atoms with E-state index >= 15 is 0 Å². The van der Waals surface area contributed by atoms with E-state index in [-0.39, 0.29) is 18.1 Å². The number of carbonyl (C=O) groups excluding carboxylic acids is 1. The number of ether oxygens (including phenoxy) is 1. The molecule has 0 radical (unpaired) electrons. The first-order chi connectivity index (χ1) is 7.70. The van der Waals surface area contributed by atoms with Crippen LogP contribution in [0.25, 0.3) is 0 Å². The molecule has 0 fully saturated rings. The predicted octanol–water partition coefficient (Wildman–Crippen LogP) is 0.985. The summed E-state index contributed by atoms with van der Waals surface area (Å²) >= 11 is 0. The number of methoxy groups -OCH3 is 1. The Balaban J connectivity index is 2.71. The van der Waals surface area contributed by atoms with Crippen molar-refractivity contribution in [2.75, 3.05) is 13.7 Å². The first-order valence-corrected chi connectivity index (χ1v) is 5.49. The quantitative estimate of drug-likeness (QED) is 0.733. The lowest BCUT2D eigenvalue weighted by molar-refractivity contribution is -0.144. The first kappa shape index (κ1) is 12.7. The zero-order valence-electron chi connectivity index (χ0n) is 10.0. The van der Waals surface area contributed by atoms with Crippen LogP contribution in [0.4, 0.5) is 0 Å². The van der Waals surface area contributed by atoms with Gasteiger partial charge < -0.3 is 14.6 Å². The van der Waals surface area contributed by atoms with Crippen molar-refractivity contribution < 1.29 is 9.53 Å². The van der Waals surface area contributed by atoms with Crippen molar-refractivity contribution in [2.24, 2.45) is 0 Å². The number of aromatic nitrogens is 2. The Kier molecular flexibility index (Phi) is 4.98. The molecule has 1 heterocycles. The fraction of sp³-hybridized carbons (Fsp3) is 0.636. The third-order valence-electron chi connectivity index (χ3n) is 2.55. The van der Waals surface area contributed by atoms with E-state index in [1.54, 1.807) is 12.5 Å². The van der Waals surface area contributed by atoms with Crippen LogP contribution < -0.4 is 5.32 Å². The Morgan fingerprint density at radius 2 is 2.38 bits per heavy atom. The minimum atomic E-state index is -0.334. The second-order valence-electron chi connectivity index (χ2n) is 3.71. The summed E-state index contributed by atoms with van der Waals surface area (Å²) in [5, 5.41) is 3.18. The standard InChI is InChI=1S/C11H19N3O2/c1-4-5-13-10(11(15)16-3)9(2)14-7-6-12-8-14/h6-10,13H,4-5H2,1-3H3. The van der Waals surface area contributed by atoms with Crippen LogP contribution in [-0.4, -0.2) is 35.2 Å². The molecule has 0 amide bonds. The molecule has 0 bridgehead atoms. The molecule has 2 atom stereocenters. The van der Waals surface area contributed by atoms with Crippen molar-refractivity contribution in [3.63, 3.8) is 0 Å². The van der Waals surface area contributed by atoms with Gasteiger partial charge in [0.05, 0.1) is 19.5 Å². The molecule has 5 nitrogen and oxygen atoms in total. The molecule has 5 heteroatoms. The molecule has 1 rings (SSSR count). The maximum Gasteiger partial charge on any atom is 0.325 e. The fourth-order valence-corrected chi connectivity index (χ4v) is 1.56. The highest BCUT2D eigenvalue weighted by Gasteiger charge is 2.25. The minimum absolute atomic E-state index is 0.0125. The van der Waals surface area contributed by atoms with E-state index in [2.05, 4.69) is 17.2 Å². The van der Waals surface area contributed by atoms with Crippen molar-refractivity contribution in [3.8, 4) is 0 Å². The van der Waals surface area contributed by atoms with Crippen LogP contribution in [0.1, 0.15) is 26.3 Å². The molecule has 0 aromatic carbocycles. The molecule has 0 spiro atoms. The van der Waals surface area contributed by atoms with Crippen LogP contribution in [0, 0.1) is 0 Å². The van der Waals surface area contributed by atoms with Gasteiger partial charge in [0.1, 0.15) is 6.04 Å².